The summed E-state index contributed by atoms with van der Waals surface area (Å²) in [5, 5.41) is 6.03. The Morgan fingerprint density at radius 1 is 1.44 bits per heavy atom. The van der Waals surface area contributed by atoms with E-state index in [1.54, 1.807) is 0 Å². The molecule has 1 unspecified atom stereocenters. The number of ether oxygens (including phenoxy) is 1. The number of carbonyl (C=O) groups excluding carboxylic acids is 1. The van der Waals surface area contributed by atoms with Crippen LogP contribution >= 0.6 is 0 Å². The van der Waals surface area contributed by atoms with Crippen LogP contribution in [0.4, 0.5) is 5.69 Å². The molecule has 16 heavy (non-hydrogen) atoms. The number of fused-ring (bicyclic) bond motifs is 1. The van der Waals surface area contributed by atoms with Crippen molar-refractivity contribution < 1.29 is 9.53 Å². The Bertz CT molecular complexity index is 379. The zero-order valence-corrected chi connectivity index (χ0v) is 9.32. The first-order valence-corrected chi connectivity index (χ1v) is 5.54. The van der Waals surface area contributed by atoms with Crippen molar-refractivity contribution in [1.82, 2.24) is 5.32 Å². The van der Waals surface area contributed by atoms with Crippen molar-refractivity contribution in [2.45, 2.75) is 13.0 Å². The minimum absolute atomic E-state index is 0.0118. The predicted octanol–water partition coefficient (Wildman–Crippen LogP) is 1.31. The summed E-state index contributed by atoms with van der Waals surface area (Å²) in [5.41, 5.74) is 1.92. The van der Waals surface area contributed by atoms with Crippen molar-refractivity contribution in [2.24, 2.45) is 0 Å². The van der Waals surface area contributed by atoms with Gasteiger partial charge >= 0.3 is 0 Å². The van der Waals surface area contributed by atoms with Crippen LogP contribution in [-0.2, 0) is 9.53 Å². The van der Waals surface area contributed by atoms with Crippen molar-refractivity contribution in [3.63, 3.8) is 0 Å². The number of para-hydroxylation sites is 1. The maximum Gasteiger partial charge on any atom is 0.246 e. The maximum atomic E-state index is 11.7. The first-order valence-electron chi connectivity index (χ1n) is 5.54. The highest BCUT2D eigenvalue weighted by molar-refractivity contribution is 6.02. The molecule has 0 aliphatic carbocycles. The molecule has 4 nitrogen and oxygen atoms in total. The smallest absolute Gasteiger partial charge is 0.246 e. The number of hydrogen-bond donors (Lipinski definition) is 2. The van der Waals surface area contributed by atoms with Crippen LogP contribution in [0.5, 0.6) is 0 Å². The summed E-state index contributed by atoms with van der Waals surface area (Å²) < 4.78 is 5.22. The van der Waals surface area contributed by atoms with Crippen molar-refractivity contribution in [3.8, 4) is 0 Å². The van der Waals surface area contributed by atoms with Crippen molar-refractivity contribution in [1.29, 1.82) is 0 Å². The lowest BCUT2D eigenvalue weighted by Gasteiger charge is -2.10. The molecule has 0 radical (unpaired) electrons. The van der Waals surface area contributed by atoms with Crippen LogP contribution in [0.1, 0.15) is 18.5 Å². The quantitative estimate of drug-likeness (QED) is 0.735. The lowest BCUT2D eigenvalue weighted by molar-refractivity contribution is -0.117. The summed E-state index contributed by atoms with van der Waals surface area (Å²) in [6.45, 7) is 3.97. The van der Waals surface area contributed by atoms with Crippen LogP contribution in [0.25, 0.3) is 0 Å². The van der Waals surface area contributed by atoms with Gasteiger partial charge in [-0.15, -0.1) is 0 Å². The van der Waals surface area contributed by atoms with Crippen molar-refractivity contribution in [3.05, 3.63) is 29.8 Å². The Labute approximate surface area is 95.0 Å². The number of rotatable bonds is 5. The van der Waals surface area contributed by atoms with E-state index in [-0.39, 0.29) is 11.9 Å². The van der Waals surface area contributed by atoms with E-state index < -0.39 is 0 Å². The summed E-state index contributed by atoms with van der Waals surface area (Å²) in [6, 6.07) is 7.50. The second-order valence-corrected chi connectivity index (χ2v) is 3.66. The Hall–Kier alpha value is -1.39. The van der Waals surface area contributed by atoms with Gasteiger partial charge in [-0.2, -0.15) is 0 Å². The van der Waals surface area contributed by atoms with E-state index in [2.05, 4.69) is 10.6 Å². The Balaban J connectivity index is 1.97. The average Bonchev–Trinajstić information content (AvgIpc) is 2.61. The topological polar surface area (TPSA) is 50.4 Å². The first kappa shape index (κ1) is 11.1. The number of hydrogen-bond acceptors (Lipinski definition) is 3. The van der Waals surface area contributed by atoms with Gasteiger partial charge in [0, 0.05) is 24.4 Å². The molecule has 0 bridgehead atoms. The molecule has 0 spiro atoms. The second-order valence-electron chi connectivity index (χ2n) is 3.66. The molecule has 1 aliphatic rings. The normalized spacial score (nSPS) is 18.3. The molecular formula is C12H16N2O2. The van der Waals surface area contributed by atoms with Gasteiger partial charge in [0.2, 0.25) is 5.91 Å². The van der Waals surface area contributed by atoms with Crippen molar-refractivity contribution >= 4 is 11.6 Å². The van der Waals surface area contributed by atoms with E-state index in [9.17, 15) is 4.79 Å². The molecule has 1 heterocycles. The third kappa shape index (κ3) is 2.23. The van der Waals surface area contributed by atoms with E-state index in [4.69, 9.17) is 4.74 Å². The van der Waals surface area contributed by atoms with Gasteiger partial charge in [-0.3, -0.25) is 10.1 Å². The third-order valence-corrected chi connectivity index (χ3v) is 2.59. The van der Waals surface area contributed by atoms with Crippen LogP contribution in [-0.4, -0.2) is 25.7 Å². The van der Waals surface area contributed by atoms with E-state index in [1.165, 1.54) is 0 Å². The van der Waals surface area contributed by atoms with Crippen LogP contribution in [0.3, 0.4) is 0 Å². The third-order valence-electron chi connectivity index (χ3n) is 2.59. The van der Waals surface area contributed by atoms with E-state index in [0.29, 0.717) is 19.8 Å². The van der Waals surface area contributed by atoms with Crippen molar-refractivity contribution in [2.75, 3.05) is 25.1 Å². The van der Waals surface area contributed by atoms with Crippen LogP contribution in [0.2, 0.25) is 0 Å². The van der Waals surface area contributed by atoms with Gasteiger partial charge in [-0.1, -0.05) is 18.2 Å². The van der Waals surface area contributed by atoms with Gasteiger partial charge in [-0.05, 0) is 13.0 Å². The minimum atomic E-state index is -0.239. The number of anilines is 1. The lowest BCUT2D eigenvalue weighted by atomic mass is 10.1. The molecule has 2 rings (SSSR count). The fourth-order valence-corrected chi connectivity index (χ4v) is 1.83. The number of nitrogens with one attached hydrogen (secondary N) is 2. The summed E-state index contributed by atoms with van der Waals surface area (Å²) in [7, 11) is 0. The fourth-order valence-electron chi connectivity index (χ4n) is 1.83. The fraction of sp³-hybridized carbons (Fsp3) is 0.417. The molecule has 1 aromatic carbocycles. The summed E-state index contributed by atoms with van der Waals surface area (Å²) in [6.07, 6.45) is 0. The molecular weight excluding hydrogens is 204 g/mol. The Morgan fingerprint density at radius 2 is 2.25 bits per heavy atom. The molecule has 0 aromatic heterocycles. The molecule has 0 fully saturated rings. The summed E-state index contributed by atoms with van der Waals surface area (Å²) >= 11 is 0. The lowest BCUT2D eigenvalue weighted by Crippen LogP contribution is -2.30. The molecule has 0 saturated carbocycles. The van der Waals surface area contributed by atoms with E-state index in [1.807, 2.05) is 31.2 Å². The van der Waals surface area contributed by atoms with Gasteiger partial charge in [-0.25, -0.2) is 0 Å². The first-order chi connectivity index (χ1) is 7.83. The predicted molar refractivity (Wildman–Crippen MR) is 62.3 cm³/mol. The highest BCUT2D eigenvalue weighted by atomic mass is 16.5. The second kappa shape index (κ2) is 5.09. The largest absolute Gasteiger partial charge is 0.380 e. The average molecular weight is 220 g/mol. The SMILES string of the molecule is CCOCCNC1C(=O)Nc2ccccc21. The van der Waals surface area contributed by atoms with Crippen LogP contribution in [0.15, 0.2) is 24.3 Å². The van der Waals surface area contributed by atoms with Gasteiger partial charge in [0.15, 0.2) is 0 Å². The van der Waals surface area contributed by atoms with E-state index >= 15 is 0 Å². The Kier molecular flexibility index (Phi) is 3.54. The number of amides is 1. The molecule has 86 valence electrons. The molecule has 2 N–H and O–H groups in total. The number of carbonyl (C=O) groups is 1. The van der Waals surface area contributed by atoms with Gasteiger partial charge < -0.3 is 10.1 Å². The molecule has 4 heteroatoms. The summed E-state index contributed by atoms with van der Waals surface area (Å²) in [5.74, 6) is 0.0118. The molecule has 1 aromatic rings. The summed E-state index contributed by atoms with van der Waals surface area (Å²) in [4.78, 5) is 11.7. The zero-order valence-electron chi connectivity index (χ0n) is 9.32. The zero-order chi connectivity index (χ0) is 11.4. The van der Waals surface area contributed by atoms with Gasteiger partial charge in [0.05, 0.1) is 6.61 Å². The maximum absolute atomic E-state index is 11.7. The minimum Gasteiger partial charge on any atom is -0.380 e. The van der Waals surface area contributed by atoms with Gasteiger partial charge in [0.1, 0.15) is 6.04 Å². The standard InChI is InChI=1S/C12H16N2O2/c1-2-16-8-7-13-11-9-5-3-4-6-10(9)14-12(11)15/h3-6,11,13H,2,7-8H2,1H3,(H,14,15). The van der Waals surface area contributed by atoms with Crippen LogP contribution in [0, 0.1) is 0 Å². The molecule has 0 saturated heterocycles. The van der Waals surface area contributed by atoms with Gasteiger partial charge in [0.25, 0.3) is 0 Å². The Morgan fingerprint density at radius 3 is 3.06 bits per heavy atom. The highest BCUT2D eigenvalue weighted by Gasteiger charge is 2.29. The molecule has 1 amide bonds. The number of benzene rings is 1. The van der Waals surface area contributed by atoms with E-state index in [0.717, 1.165) is 11.3 Å². The monoisotopic (exact) mass is 220 g/mol. The molecule has 1 atom stereocenters. The molecule has 1 aliphatic heterocycles. The van der Waals surface area contributed by atoms with Crippen LogP contribution < -0.4 is 10.6 Å². The highest BCUT2D eigenvalue weighted by Crippen LogP contribution is 2.29.